The SMILES string of the molecule is C[C](C(N)=O)c1ccccc1. The topological polar surface area (TPSA) is 43.1 Å². The highest BCUT2D eigenvalue weighted by Gasteiger charge is 2.10. The third kappa shape index (κ3) is 1.80. The second-order valence-corrected chi connectivity index (χ2v) is 2.36. The third-order valence-electron chi connectivity index (χ3n) is 1.58. The molecule has 1 aromatic rings. The van der Waals surface area contributed by atoms with Gasteiger partial charge in [-0.25, -0.2) is 0 Å². The fourth-order valence-corrected chi connectivity index (χ4v) is 0.830. The molecule has 1 aromatic carbocycles. The van der Waals surface area contributed by atoms with E-state index in [0.717, 1.165) is 5.56 Å². The molecule has 0 spiro atoms. The Kier molecular flexibility index (Phi) is 2.26. The number of rotatable bonds is 2. The number of amides is 1. The van der Waals surface area contributed by atoms with Crippen LogP contribution in [-0.2, 0) is 4.79 Å². The van der Waals surface area contributed by atoms with E-state index in [-0.39, 0.29) is 5.91 Å². The lowest BCUT2D eigenvalue weighted by atomic mass is 10.0. The maximum atomic E-state index is 10.7. The van der Waals surface area contributed by atoms with Crippen LogP contribution >= 0.6 is 0 Å². The van der Waals surface area contributed by atoms with Gasteiger partial charge in [0.2, 0.25) is 5.91 Å². The van der Waals surface area contributed by atoms with Crippen molar-refractivity contribution in [2.24, 2.45) is 5.73 Å². The molecule has 2 N–H and O–H groups in total. The standard InChI is InChI=1S/C9H10NO/c1-7(9(10)11)8-5-3-2-4-6-8/h2-6H,1H3,(H2,10,11). The first kappa shape index (κ1) is 7.79. The van der Waals surface area contributed by atoms with E-state index in [4.69, 9.17) is 5.73 Å². The zero-order valence-electron chi connectivity index (χ0n) is 6.37. The van der Waals surface area contributed by atoms with Gasteiger partial charge in [-0.2, -0.15) is 0 Å². The molecule has 11 heavy (non-hydrogen) atoms. The van der Waals surface area contributed by atoms with Gasteiger partial charge in [0, 0.05) is 0 Å². The first-order valence-corrected chi connectivity index (χ1v) is 3.40. The van der Waals surface area contributed by atoms with Crippen molar-refractivity contribution >= 4 is 5.91 Å². The van der Waals surface area contributed by atoms with Crippen LogP contribution in [0.4, 0.5) is 0 Å². The Bertz CT molecular complexity index is 243. The Labute approximate surface area is 66.0 Å². The zero-order valence-corrected chi connectivity index (χ0v) is 6.37. The molecule has 0 saturated carbocycles. The molecule has 0 heterocycles. The predicted octanol–water partition coefficient (Wildman–Crippen LogP) is 1.11. The summed E-state index contributed by atoms with van der Waals surface area (Å²) in [6.45, 7) is 1.72. The molecular formula is C9H10NO. The number of carbonyl (C=O) groups is 1. The normalized spacial score (nSPS) is 10.0. The Morgan fingerprint density at radius 2 is 1.82 bits per heavy atom. The predicted molar refractivity (Wildman–Crippen MR) is 43.7 cm³/mol. The lowest BCUT2D eigenvalue weighted by molar-refractivity contribution is -0.115. The highest BCUT2D eigenvalue weighted by Crippen LogP contribution is 2.11. The smallest absolute Gasteiger partial charge is 0.229 e. The minimum atomic E-state index is -0.365. The molecule has 0 bridgehead atoms. The fourth-order valence-electron chi connectivity index (χ4n) is 0.830. The van der Waals surface area contributed by atoms with Gasteiger partial charge in [0.05, 0.1) is 5.92 Å². The summed E-state index contributed by atoms with van der Waals surface area (Å²) in [5.41, 5.74) is 5.98. The molecule has 2 nitrogen and oxygen atoms in total. The molecule has 1 amide bonds. The van der Waals surface area contributed by atoms with E-state index in [1.54, 1.807) is 6.92 Å². The van der Waals surface area contributed by atoms with Crippen LogP contribution in [0.1, 0.15) is 12.5 Å². The Morgan fingerprint density at radius 1 is 1.27 bits per heavy atom. The van der Waals surface area contributed by atoms with Crippen molar-refractivity contribution in [3.05, 3.63) is 41.8 Å². The molecule has 0 aliphatic carbocycles. The molecule has 0 saturated heterocycles. The van der Waals surface area contributed by atoms with Gasteiger partial charge in [-0.15, -0.1) is 0 Å². The average molecular weight is 148 g/mol. The van der Waals surface area contributed by atoms with Crippen LogP contribution < -0.4 is 5.73 Å². The molecule has 0 unspecified atom stereocenters. The summed E-state index contributed by atoms with van der Waals surface area (Å²) in [6, 6.07) is 9.38. The van der Waals surface area contributed by atoms with Crippen LogP contribution in [0.25, 0.3) is 0 Å². The number of nitrogens with two attached hydrogens (primary N) is 1. The molecule has 0 aliphatic heterocycles. The van der Waals surface area contributed by atoms with Crippen molar-refractivity contribution in [1.29, 1.82) is 0 Å². The first-order chi connectivity index (χ1) is 5.22. The summed E-state index contributed by atoms with van der Waals surface area (Å²) < 4.78 is 0. The maximum Gasteiger partial charge on any atom is 0.229 e. The summed E-state index contributed by atoms with van der Waals surface area (Å²) in [6.07, 6.45) is 0. The third-order valence-corrected chi connectivity index (χ3v) is 1.58. The van der Waals surface area contributed by atoms with Crippen LogP contribution in [0.15, 0.2) is 30.3 Å². The van der Waals surface area contributed by atoms with Gasteiger partial charge < -0.3 is 5.73 Å². The van der Waals surface area contributed by atoms with Crippen molar-refractivity contribution in [2.75, 3.05) is 0 Å². The van der Waals surface area contributed by atoms with Gasteiger partial charge in [-0.1, -0.05) is 30.3 Å². The lowest BCUT2D eigenvalue weighted by Crippen LogP contribution is -2.19. The second-order valence-electron chi connectivity index (χ2n) is 2.36. The first-order valence-electron chi connectivity index (χ1n) is 3.40. The van der Waals surface area contributed by atoms with Crippen LogP contribution in [-0.4, -0.2) is 5.91 Å². The lowest BCUT2D eigenvalue weighted by Gasteiger charge is -2.04. The van der Waals surface area contributed by atoms with Crippen molar-refractivity contribution in [3.63, 3.8) is 0 Å². The fraction of sp³-hybridized carbons (Fsp3) is 0.111. The van der Waals surface area contributed by atoms with Crippen molar-refractivity contribution in [3.8, 4) is 0 Å². The summed E-state index contributed by atoms with van der Waals surface area (Å²) in [5, 5.41) is 0. The molecule has 1 rings (SSSR count). The van der Waals surface area contributed by atoms with Gasteiger partial charge in [0.15, 0.2) is 0 Å². The number of carbonyl (C=O) groups excluding carboxylic acids is 1. The molecule has 2 heteroatoms. The van der Waals surface area contributed by atoms with E-state index >= 15 is 0 Å². The van der Waals surface area contributed by atoms with E-state index < -0.39 is 0 Å². The van der Waals surface area contributed by atoms with E-state index in [2.05, 4.69) is 0 Å². The van der Waals surface area contributed by atoms with E-state index in [1.165, 1.54) is 0 Å². The number of primary amides is 1. The Morgan fingerprint density at radius 3 is 2.27 bits per heavy atom. The summed E-state index contributed by atoms with van der Waals surface area (Å²) in [4.78, 5) is 10.7. The van der Waals surface area contributed by atoms with Gasteiger partial charge >= 0.3 is 0 Å². The quantitative estimate of drug-likeness (QED) is 0.670. The van der Waals surface area contributed by atoms with Crippen LogP contribution in [0.2, 0.25) is 0 Å². The minimum absolute atomic E-state index is 0.365. The van der Waals surface area contributed by atoms with Crippen LogP contribution in [0, 0.1) is 5.92 Å². The monoisotopic (exact) mass is 148 g/mol. The number of benzene rings is 1. The van der Waals surface area contributed by atoms with E-state index in [1.807, 2.05) is 30.3 Å². The second kappa shape index (κ2) is 3.19. The molecule has 57 valence electrons. The van der Waals surface area contributed by atoms with Gasteiger partial charge in [0.25, 0.3) is 0 Å². The highest BCUT2D eigenvalue weighted by molar-refractivity contribution is 5.92. The molecule has 0 atom stereocenters. The summed E-state index contributed by atoms with van der Waals surface area (Å²) in [5.74, 6) is 0.238. The van der Waals surface area contributed by atoms with Crippen molar-refractivity contribution in [2.45, 2.75) is 6.92 Å². The Balaban J connectivity index is 2.85. The van der Waals surface area contributed by atoms with Crippen molar-refractivity contribution in [1.82, 2.24) is 0 Å². The van der Waals surface area contributed by atoms with Crippen LogP contribution in [0.5, 0.6) is 0 Å². The largest absolute Gasteiger partial charge is 0.369 e. The molecule has 0 aromatic heterocycles. The maximum absolute atomic E-state index is 10.7. The van der Waals surface area contributed by atoms with Gasteiger partial charge in [-0.3, -0.25) is 4.79 Å². The van der Waals surface area contributed by atoms with Crippen molar-refractivity contribution < 1.29 is 4.79 Å². The minimum Gasteiger partial charge on any atom is -0.369 e. The molecule has 0 aliphatic rings. The zero-order chi connectivity index (χ0) is 8.27. The Hall–Kier alpha value is -1.31. The van der Waals surface area contributed by atoms with E-state index in [9.17, 15) is 4.79 Å². The molecule has 1 radical (unpaired) electrons. The number of hydrogen-bond donors (Lipinski definition) is 1. The van der Waals surface area contributed by atoms with E-state index in [0.29, 0.717) is 5.92 Å². The summed E-state index contributed by atoms with van der Waals surface area (Å²) >= 11 is 0. The van der Waals surface area contributed by atoms with Gasteiger partial charge in [0.1, 0.15) is 0 Å². The summed E-state index contributed by atoms with van der Waals surface area (Å²) in [7, 11) is 0. The number of hydrogen-bond acceptors (Lipinski definition) is 1. The average Bonchev–Trinajstić information content (AvgIpc) is 2.05. The van der Waals surface area contributed by atoms with Crippen LogP contribution in [0.3, 0.4) is 0 Å². The van der Waals surface area contributed by atoms with Gasteiger partial charge in [-0.05, 0) is 12.5 Å². The molecular weight excluding hydrogens is 138 g/mol. The molecule has 0 fully saturated rings. The highest BCUT2D eigenvalue weighted by atomic mass is 16.1.